The Morgan fingerprint density at radius 1 is 1.21 bits per heavy atom. The summed E-state index contributed by atoms with van der Waals surface area (Å²) in [6.45, 7) is 2.07. The van der Waals surface area contributed by atoms with Crippen LogP contribution in [-0.2, 0) is 0 Å². The lowest BCUT2D eigenvalue weighted by Gasteiger charge is -2.17. The van der Waals surface area contributed by atoms with Crippen LogP contribution in [0.2, 0.25) is 0 Å². The van der Waals surface area contributed by atoms with Gasteiger partial charge in [-0.05, 0) is 36.8 Å². The third-order valence-corrected chi connectivity index (χ3v) is 3.62. The number of carbonyl (C=O) groups is 1. The Hall–Kier alpha value is -1.81. The summed E-state index contributed by atoms with van der Waals surface area (Å²) >= 11 is 3.53. The Morgan fingerprint density at radius 3 is 2.63 bits per heavy atom. The molecule has 3 nitrogen and oxygen atoms in total. The SMILES string of the molecule is CC(Nc1cccc(C(N)=O)c1)c1ccccc1Br. The van der Waals surface area contributed by atoms with Gasteiger partial charge in [0.05, 0.1) is 0 Å². The molecule has 0 heterocycles. The third-order valence-electron chi connectivity index (χ3n) is 2.90. The normalized spacial score (nSPS) is 11.9. The predicted molar refractivity (Wildman–Crippen MR) is 81.1 cm³/mol. The molecule has 0 saturated carbocycles. The number of hydrogen-bond donors (Lipinski definition) is 2. The van der Waals surface area contributed by atoms with Gasteiger partial charge in [-0.25, -0.2) is 0 Å². The fourth-order valence-corrected chi connectivity index (χ4v) is 2.54. The maximum Gasteiger partial charge on any atom is 0.248 e. The van der Waals surface area contributed by atoms with Gasteiger partial charge < -0.3 is 11.1 Å². The monoisotopic (exact) mass is 318 g/mol. The Balaban J connectivity index is 2.19. The molecule has 98 valence electrons. The summed E-state index contributed by atoms with van der Waals surface area (Å²) in [6, 6.07) is 15.4. The molecule has 4 heteroatoms. The van der Waals surface area contributed by atoms with Crippen LogP contribution >= 0.6 is 15.9 Å². The molecule has 0 aliphatic rings. The number of hydrogen-bond acceptors (Lipinski definition) is 2. The number of rotatable bonds is 4. The van der Waals surface area contributed by atoms with Gasteiger partial charge in [0.15, 0.2) is 0 Å². The van der Waals surface area contributed by atoms with Crippen molar-refractivity contribution in [2.75, 3.05) is 5.32 Å². The quantitative estimate of drug-likeness (QED) is 0.902. The minimum atomic E-state index is -0.419. The van der Waals surface area contributed by atoms with Crippen LogP contribution in [0.3, 0.4) is 0 Å². The second-order valence-corrected chi connectivity index (χ2v) is 5.19. The number of amides is 1. The van der Waals surface area contributed by atoms with Crippen LogP contribution in [0.5, 0.6) is 0 Å². The summed E-state index contributed by atoms with van der Waals surface area (Å²) in [6.07, 6.45) is 0. The molecule has 1 unspecified atom stereocenters. The average molecular weight is 319 g/mol. The number of nitrogens with one attached hydrogen (secondary N) is 1. The number of primary amides is 1. The van der Waals surface area contributed by atoms with Crippen LogP contribution in [0.15, 0.2) is 53.0 Å². The van der Waals surface area contributed by atoms with E-state index in [1.54, 1.807) is 12.1 Å². The first-order chi connectivity index (χ1) is 9.08. The summed E-state index contributed by atoms with van der Waals surface area (Å²) in [4.78, 5) is 11.1. The Bertz CT molecular complexity index is 598. The zero-order valence-corrected chi connectivity index (χ0v) is 12.1. The van der Waals surface area contributed by atoms with Crippen molar-refractivity contribution in [2.45, 2.75) is 13.0 Å². The van der Waals surface area contributed by atoms with Gasteiger partial charge in [-0.2, -0.15) is 0 Å². The zero-order valence-electron chi connectivity index (χ0n) is 10.6. The summed E-state index contributed by atoms with van der Waals surface area (Å²) in [7, 11) is 0. The molecule has 2 rings (SSSR count). The topological polar surface area (TPSA) is 55.1 Å². The molecule has 0 aromatic heterocycles. The highest BCUT2D eigenvalue weighted by atomic mass is 79.9. The number of benzene rings is 2. The van der Waals surface area contributed by atoms with Gasteiger partial charge >= 0.3 is 0 Å². The molecule has 2 aromatic carbocycles. The minimum absolute atomic E-state index is 0.124. The van der Waals surface area contributed by atoms with E-state index in [1.165, 1.54) is 0 Å². The van der Waals surface area contributed by atoms with E-state index in [2.05, 4.69) is 34.2 Å². The van der Waals surface area contributed by atoms with Gasteiger partial charge in [-0.15, -0.1) is 0 Å². The van der Waals surface area contributed by atoms with Gasteiger partial charge in [-0.3, -0.25) is 4.79 Å². The summed E-state index contributed by atoms with van der Waals surface area (Å²) in [5.74, 6) is -0.419. The highest BCUT2D eigenvalue weighted by molar-refractivity contribution is 9.10. The van der Waals surface area contributed by atoms with Crippen LogP contribution in [0, 0.1) is 0 Å². The Labute approximate surface area is 121 Å². The predicted octanol–water partition coefficient (Wildman–Crippen LogP) is 3.72. The summed E-state index contributed by atoms with van der Waals surface area (Å²) in [5, 5.41) is 3.36. The number of nitrogens with two attached hydrogens (primary N) is 1. The fourth-order valence-electron chi connectivity index (χ4n) is 1.92. The van der Waals surface area contributed by atoms with Crippen LogP contribution in [0.1, 0.15) is 28.9 Å². The highest BCUT2D eigenvalue weighted by Crippen LogP contribution is 2.26. The second kappa shape index (κ2) is 5.89. The average Bonchev–Trinajstić information content (AvgIpc) is 2.39. The molecule has 0 saturated heterocycles. The molecule has 0 spiro atoms. The largest absolute Gasteiger partial charge is 0.378 e. The van der Waals surface area contributed by atoms with Crippen molar-refractivity contribution in [2.24, 2.45) is 5.73 Å². The molecule has 0 radical (unpaired) electrons. The maximum absolute atomic E-state index is 11.1. The van der Waals surface area contributed by atoms with Crippen molar-refractivity contribution < 1.29 is 4.79 Å². The lowest BCUT2D eigenvalue weighted by molar-refractivity contribution is 0.100. The van der Waals surface area contributed by atoms with Gasteiger partial charge in [0, 0.05) is 21.8 Å². The Morgan fingerprint density at radius 2 is 1.95 bits per heavy atom. The second-order valence-electron chi connectivity index (χ2n) is 4.33. The summed E-state index contributed by atoms with van der Waals surface area (Å²) < 4.78 is 1.06. The standard InChI is InChI=1S/C15H15BrN2O/c1-10(13-7-2-3-8-14(13)16)18-12-6-4-5-11(9-12)15(17)19/h2-10,18H,1H3,(H2,17,19). The fraction of sp³-hybridized carbons (Fsp3) is 0.133. The van der Waals surface area contributed by atoms with Crippen LogP contribution in [0.4, 0.5) is 5.69 Å². The van der Waals surface area contributed by atoms with E-state index in [4.69, 9.17) is 5.73 Å². The van der Waals surface area contributed by atoms with Crippen molar-refractivity contribution in [1.82, 2.24) is 0 Å². The van der Waals surface area contributed by atoms with Gasteiger partial charge in [0.2, 0.25) is 5.91 Å². The third kappa shape index (κ3) is 3.35. The molecule has 0 aliphatic carbocycles. The number of carbonyl (C=O) groups excluding carboxylic acids is 1. The van der Waals surface area contributed by atoms with E-state index in [1.807, 2.05) is 30.3 Å². The molecule has 0 bridgehead atoms. The minimum Gasteiger partial charge on any atom is -0.378 e. The molecular weight excluding hydrogens is 304 g/mol. The lowest BCUT2D eigenvalue weighted by Crippen LogP contribution is -2.12. The van der Waals surface area contributed by atoms with Gasteiger partial charge in [0.1, 0.15) is 0 Å². The van der Waals surface area contributed by atoms with Crippen molar-refractivity contribution in [1.29, 1.82) is 0 Å². The molecule has 0 fully saturated rings. The first-order valence-corrected chi connectivity index (χ1v) is 6.78. The first kappa shape index (κ1) is 13.6. The van der Waals surface area contributed by atoms with Gasteiger partial charge in [0.25, 0.3) is 0 Å². The zero-order chi connectivity index (χ0) is 13.8. The molecule has 19 heavy (non-hydrogen) atoms. The van der Waals surface area contributed by atoms with Crippen molar-refractivity contribution in [3.8, 4) is 0 Å². The van der Waals surface area contributed by atoms with Gasteiger partial charge in [-0.1, -0.05) is 40.2 Å². The van der Waals surface area contributed by atoms with E-state index < -0.39 is 5.91 Å². The Kier molecular flexibility index (Phi) is 4.22. The van der Waals surface area contributed by atoms with Crippen LogP contribution in [0.25, 0.3) is 0 Å². The molecular formula is C15H15BrN2O. The molecule has 3 N–H and O–H groups in total. The van der Waals surface area contributed by atoms with E-state index in [0.717, 1.165) is 15.7 Å². The van der Waals surface area contributed by atoms with Crippen molar-refractivity contribution in [3.05, 3.63) is 64.1 Å². The molecule has 1 amide bonds. The van der Waals surface area contributed by atoms with E-state index >= 15 is 0 Å². The van der Waals surface area contributed by atoms with Crippen molar-refractivity contribution in [3.63, 3.8) is 0 Å². The summed E-state index contributed by atoms with van der Waals surface area (Å²) in [5.41, 5.74) is 7.81. The highest BCUT2D eigenvalue weighted by Gasteiger charge is 2.09. The number of anilines is 1. The van der Waals surface area contributed by atoms with Crippen molar-refractivity contribution >= 4 is 27.5 Å². The van der Waals surface area contributed by atoms with E-state index in [9.17, 15) is 4.79 Å². The van der Waals surface area contributed by atoms with E-state index in [-0.39, 0.29) is 6.04 Å². The first-order valence-electron chi connectivity index (χ1n) is 5.99. The number of halogens is 1. The molecule has 1 atom stereocenters. The van der Waals surface area contributed by atoms with Crippen LogP contribution in [-0.4, -0.2) is 5.91 Å². The molecule has 0 aliphatic heterocycles. The lowest BCUT2D eigenvalue weighted by atomic mass is 10.1. The smallest absolute Gasteiger partial charge is 0.248 e. The molecule has 2 aromatic rings. The maximum atomic E-state index is 11.1. The van der Waals surface area contributed by atoms with Crippen LogP contribution < -0.4 is 11.1 Å². The van der Waals surface area contributed by atoms with E-state index in [0.29, 0.717) is 5.56 Å².